The second-order valence-corrected chi connectivity index (χ2v) is 9.77. The number of fused-ring (bicyclic) bond motifs is 4. The van der Waals surface area contributed by atoms with Crippen molar-refractivity contribution >= 4 is 17.7 Å². The number of thioether (sulfide) groups is 1. The molecule has 2 atom stereocenters. The first kappa shape index (κ1) is 19.6. The van der Waals surface area contributed by atoms with Crippen molar-refractivity contribution in [3.63, 3.8) is 0 Å². The zero-order valence-corrected chi connectivity index (χ0v) is 17.6. The van der Waals surface area contributed by atoms with Gasteiger partial charge in [-0.2, -0.15) is 11.8 Å². The van der Waals surface area contributed by atoms with Crippen LogP contribution in [0.1, 0.15) is 28.4 Å². The van der Waals surface area contributed by atoms with Crippen molar-refractivity contribution in [2.45, 2.75) is 24.9 Å². The van der Waals surface area contributed by atoms with Crippen molar-refractivity contribution in [3.8, 4) is 0 Å². The van der Waals surface area contributed by atoms with Crippen LogP contribution in [0.15, 0.2) is 16.9 Å². The molecule has 2 bridgehead atoms. The van der Waals surface area contributed by atoms with Gasteiger partial charge in [-0.15, -0.1) is 0 Å². The summed E-state index contributed by atoms with van der Waals surface area (Å²) < 4.78 is 13.3. The number of carbonyl (C=O) groups excluding carboxylic acids is 1. The normalized spacial score (nSPS) is 28.6. The van der Waals surface area contributed by atoms with Crippen molar-refractivity contribution in [3.05, 3.63) is 33.7 Å². The summed E-state index contributed by atoms with van der Waals surface area (Å²) in [7, 11) is 0. The van der Waals surface area contributed by atoms with Crippen LogP contribution < -0.4 is 5.56 Å². The first-order valence-electron chi connectivity index (χ1n) is 10.7. The number of hydrogen-bond acceptors (Lipinski definition) is 6. The van der Waals surface area contributed by atoms with Gasteiger partial charge in [0.2, 0.25) is 0 Å². The standard InChI is InChI=1S/C21H29N3O4S/c25-20(22-3-7-29-8-4-22)18-1-2-19-16-9-15(11-24(19)21(18)26)10-23(12-16)17-13-27-5-6-28-14-17/h1-2,15-17H,3-14H2/t15-,16+/m0/s1. The van der Waals surface area contributed by atoms with Crippen LogP contribution in [0.5, 0.6) is 0 Å². The van der Waals surface area contributed by atoms with Gasteiger partial charge in [-0.05, 0) is 24.5 Å². The number of nitrogens with zero attached hydrogens (tertiary/aromatic N) is 3. The summed E-state index contributed by atoms with van der Waals surface area (Å²) in [5.41, 5.74) is 1.32. The molecular weight excluding hydrogens is 390 g/mol. The average molecular weight is 420 g/mol. The molecule has 7 nitrogen and oxygen atoms in total. The lowest BCUT2D eigenvalue weighted by Gasteiger charge is -2.45. The van der Waals surface area contributed by atoms with Gasteiger partial charge in [0.1, 0.15) is 5.56 Å². The fraction of sp³-hybridized carbons (Fsp3) is 0.714. The second-order valence-electron chi connectivity index (χ2n) is 8.55. The average Bonchev–Trinajstić information content (AvgIpc) is 3.04. The third-order valence-electron chi connectivity index (χ3n) is 6.67. The Morgan fingerprint density at radius 3 is 2.55 bits per heavy atom. The van der Waals surface area contributed by atoms with Crippen LogP contribution >= 0.6 is 11.8 Å². The monoisotopic (exact) mass is 419 g/mol. The zero-order chi connectivity index (χ0) is 19.8. The van der Waals surface area contributed by atoms with Crippen molar-refractivity contribution in [2.24, 2.45) is 5.92 Å². The molecule has 0 radical (unpaired) electrons. The van der Waals surface area contributed by atoms with Crippen LogP contribution in [-0.4, -0.2) is 90.4 Å². The van der Waals surface area contributed by atoms with E-state index in [1.54, 1.807) is 6.07 Å². The Hall–Kier alpha value is -1.35. The smallest absolute Gasteiger partial charge is 0.263 e. The molecule has 158 valence electrons. The SMILES string of the molecule is O=C(c1ccc2n(c1=O)C[C@H]1C[C@@H]2CN(C2COCCOC2)C1)N1CCSCC1. The molecule has 5 heterocycles. The summed E-state index contributed by atoms with van der Waals surface area (Å²) in [6.45, 7) is 6.82. The van der Waals surface area contributed by atoms with Gasteiger partial charge in [0.25, 0.3) is 11.5 Å². The lowest BCUT2D eigenvalue weighted by Crippen LogP contribution is -2.53. The van der Waals surface area contributed by atoms with Crippen LogP contribution in [0.3, 0.4) is 0 Å². The van der Waals surface area contributed by atoms with E-state index in [1.807, 2.05) is 27.3 Å². The number of ether oxygens (including phenoxy) is 2. The van der Waals surface area contributed by atoms with Crippen LogP contribution in [0.4, 0.5) is 0 Å². The number of pyridine rings is 1. The molecule has 0 spiro atoms. The molecule has 4 aliphatic heterocycles. The molecule has 5 rings (SSSR count). The van der Waals surface area contributed by atoms with Crippen molar-refractivity contribution in [1.82, 2.24) is 14.4 Å². The second kappa shape index (κ2) is 8.41. The van der Waals surface area contributed by atoms with Gasteiger partial charge < -0.3 is 18.9 Å². The third-order valence-corrected chi connectivity index (χ3v) is 7.61. The van der Waals surface area contributed by atoms with Gasteiger partial charge in [0, 0.05) is 55.8 Å². The summed E-state index contributed by atoms with van der Waals surface area (Å²) in [5.74, 6) is 2.56. The van der Waals surface area contributed by atoms with E-state index >= 15 is 0 Å². The third kappa shape index (κ3) is 3.87. The molecule has 0 aliphatic carbocycles. The first-order chi connectivity index (χ1) is 14.2. The van der Waals surface area contributed by atoms with E-state index in [-0.39, 0.29) is 11.5 Å². The maximum absolute atomic E-state index is 13.2. The maximum atomic E-state index is 13.2. The fourth-order valence-electron chi connectivity index (χ4n) is 5.20. The van der Waals surface area contributed by atoms with E-state index < -0.39 is 0 Å². The van der Waals surface area contributed by atoms with Crippen molar-refractivity contribution in [2.75, 3.05) is 64.1 Å². The highest BCUT2D eigenvalue weighted by atomic mass is 32.2. The highest BCUT2D eigenvalue weighted by Crippen LogP contribution is 2.36. The number of rotatable bonds is 2. The summed E-state index contributed by atoms with van der Waals surface area (Å²) in [5, 5.41) is 0. The van der Waals surface area contributed by atoms with Gasteiger partial charge in [-0.25, -0.2) is 0 Å². The summed E-state index contributed by atoms with van der Waals surface area (Å²) >= 11 is 1.86. The van der Waals surface area contributed by atoms with Gasteiger partial charge in [0.15, 0.2) is 0 Å². The lowest BCUT2D eigenvalue weighted by atomic mass is 9.82. The minimum absolute atomic E-state index is 0.101. The lowest BCUT2D eigenvalue weighted by molar-refractivity contribution is 0.0233. The van der Waals surface area contributed by atoms with E-state index in [1.165, 1.54) is 0 Å². The molecule has 1 aromatic rings. The summed E-state index contributed by atoms with van der Waals surface area (Å²) in [6.07, 6.45) is 1.11. The molecule has 4 aliphatic rings. The quantitative estimate of drug-likeness (QED) is 0.709. The molecule has 0 saturated carbocycles. The predicted molar refractivity (Wildman–Crippen MR) is 112 cm³/mol. The minimum Gasteiger partial charge on any atom is -0.377 e. The fourth-order valence-corrected chi connectivity index (χ4v) is 6.10. The first-order valence-corrected chi connectivity index (χ1v) is 11.9. The topological polar surface area (TPSA) is 64.0 Å². The van der Waals surface area contributed by atoms with E-state index in [0.717, 1.165) is 49.8 Å². The molecule has 8 heteroatoms. The minimum atomic E-state index is -0.102. The Morgan fingerprint density at radius 2 is 1.79 bits per heavy atom. The summed E-state index contributed by atoms with van der Waals surface area (Å²) in [4.78, 5) is 30.4. The molecule has 29 heavy (non-hydrogen) atoms. The Morgan fingerprint density at radius 1 is 1.03 bits per heavy atom. The Bertz CT molecular complexity index is 815. The number of carbonyl (C=O) groups is 1. The number of likely N-dealkylation sites (tertiary alicyclic amines) is 1. The van der Waals surface area contributed by atoms with Gasteiger partial charge in [0.05, 0.1) is 32.5 Å². The molecule has 3 fully saturated rings. The van der Waals surface area contributed by atoms with Crippen LogP contribution in [0.25, 0.3) is 0 Å². The zero-order valence-electron chi connectivity index (χ0n) is 16.8. The Balaban J connectivity index is 1.38. The molecule has 3 saturated heterocycles. The largest absolute Gasteiger partial charge is 0.377 e. The predicted octanol–water partition coefficient (Wildman–Crippen LogP) is 0.872. The van der Waals surface area contributed by atoms with Gasteiger partial charge >= 0.3 is 0 Å². The summed E-state index contributed by atoms with van der Waals surface area (Å²) in [6, 6.07) is 4.09. The molecule has 0 unspecified atom stereocenters. The van der Waals surface area contributed by atoms with Gasteiger partial charge in [-0.3, -0.25) is 14.5 Å². The highest BCUT2D eigenvalue weighted by Gasteiger charge is 2.38. The molecule has 0 aromatic carbocycles. The van der Waals surface area contributed by atoms with E-state index in [4.69, 9.17) is 9.47 Å². The molecule has 1 amide bonds. The Labute approximate surface area is 175 Å². The van der Waals surface area contributed by atoms with Crippen LogP contribution in [0.2, 0.25) is 0 Å². The van der Waals surface area contributed by atoms with E-state index in [9.17, 15) is 9.59 Å². The molecule has 0 N–H and O–H groups in total. The highest BCUT2D eigenvalue weighted by molar-refractivity contribution is 7.99. The number of aromatic nitrogens is 1. The van der Waals surface area contributed by atoms with E-state index in [0.29, 0.717) is 56.4 Å². The van der Waals surface area contributed by atoms with E-state index in [2.05, 4.69) is 4.90 Å². The number of piperidine rings is 1. The maximum Gasteiger partial charge on any atom is 0.263 e. The van der Waals surface area contributed by atoms with Crippen LogP contribution in [0, 0.1) is 5.92 Å². The van der Waals surface area contributed by atoms with Crippen molar-refractivity contribution in [1.29, 1.82) is 0 Å². The number of amides is 1. The molecular formula is C21H29N3O4S. The molecule has 1 aromatic heterocycles. The van der Waals surface area contributed by atoms with Crippen LogP contribution in [-0.2, 0) is 16.0 Å². The Kier molecular flexibility index (Phi) is 5.69. The van der Waals surface area contributed by atoms with Gasteiger partial charge in [-0.1, -0.05) is 0 Å². The van der Waals surface area contributed by atoms with Crippen molar-refractivity contribution < 1.29 is 14.3 Å². The number of hydrogen-bond donors (Lipinski definition) is 0.